The van der Waals surface area contributed by atoms with E-state index < -0.39 is 27.6 Å². The molecule has 0 bridgehead atoms. The first-order valence-electron chi connectivity index (χ1n) is 11.2. The summed E-state index contributed by atoms with van der Waals surface area (Å²) in [7, 11) is -2.36. The fourth-order valence-corrected chi connectivity index (χ4v) is 4.73. The monoisotopic (exact) mass is 559 g/mol. The van der Waals surface area contributed by atoms with Gasteiger partial charge >= 0.3 is 12.1 Å². The highest BCUT2D eigenvalue weighted by molar-refractivity contribution is 7.92. The van der Waals surface area contributed by atoms with Crippen molar-refractivity contribution in [2.75, 3.05) is 30.3 Å². The van der Waals surface area contributed by atoms with Crippen LogP contribution >= 0.6 is 0 Å². The minimum absolute atomic E-state index is 0.0111. The number of carboxylic acid groups (broad SMARTS) is 1. The largest absolute Gasteiger partial charge is 0.490 e. The molecule has 3 rings (SSSR count). The smallest absolute Gasteiger partial charge is 0.475 e. The zero-order valence-electron chi connectivity index (χ0n) is 20.8. The molecule has 1 aliphatic rings. The third kappa shape index (κ3) is 8.18. The zero-order valence-corrected chi connectivity index (χ0v) is 21.6. The molecule has 10 nitrogen and oxygen atoms in total. The summed E-state index contributed by atoms with van der Waals surface area (Å²) in [4.78, 5) is 32.9. The molecule has 0 spiro atoms. The van der Waals surface area contributed by atoms with Crippen LogP contribution < -0.4 is 15.4 Å². The average molecular weight is 560 g/mol. The molecule has 1 saturated carbocycles. The van der Waals surface area contributed by atoms with Gasteiger partial charge in [-0.15, -0.1) is 0 Å². The summed E-state index contributed by atoms with van der Waals surface area (Å²) >= 11 is 0. The van der Waals surface area contributed by atoms with Gasteiger partial charge < -0.3 is 20.5 Å². The molecular weight excluding hydrogens is 531 g/mol. The molecule has 0 aromatic heterocycles. The highest BCUT2D eigenvalue weighted by atomic mass is 32.2. The number of carbonyl (C=O) groups excluding carboxylic acids is 2. The molecule has 208 valence electrons. The predicted molar refractivity (Wildman–Crippen MR) is 132 cm³/mol. The van der Waals surface area contributed by atoms with Crippen LogP contribution in [0.25, 0.3) is 0 Å². The van der Waals surface area contributed by atoms with Gasteiger partial charge in [0.05, 0.1) is 17.7 Å². The Bertz CT molecular complexity index is 1280. The molecule has 0 saturated heterocycles. The molecule has 0 heterocycles. The van der Waals surface area contributed by atoms with Crippen molar-refractivity contribution >= 4 is 39.2 Å². The number of benzene rings is 2. The molecule has 1 fully saturated rings. The van der Waals surface area contributed by atoms with Crippen LogP contribution in [-0.2, 0) is 34.6 Å². The number of nitrogens with one attached hydrogen (secondary N) is 3. The SMILES string of the molecule is COCCNC(=O)C1(c2ccc(NS(=O)(=O)c3cc(C)ccc3NC(C)=O)cc2)CC1.O=C(O)C(F)(F)F. The quantitative estimate of drug-likeness (QED) is 0.345. The Kier molecular flexibility index (Phi) is 9.87. The summed E-state index contributed by atoms with van der Waals surface area (Å²) in [6, 6.07) is 11.6. The summed E-state index contributed by atoms with van der Waals surface area (Å²) in [5.74, 6) is -3.16. The van der Waals surface area contributed by atoms with Crippen molar-refractivity contribution < 1.29 is 45.8 Å². The first kappa shape index (κ1) is 30.6. The number of carbonyl (C=O) groups is 3. The van der Waals surface area contributed by atoms with Crippen molar-refractivity contribution in [2.45, 2.75) is 43.2 Å². The highest BCUT2D eigenvalue weighted by Gasteiger charge is 2.51. The average Bonchev–Trinajstić information content (AvgIpc) is 3.62. The lowest BCUT2D eigenvalue weighted by molar-refractivity contribution is -0.192. The second kappa shape index (κ2) is 12.3. The molecule has 1 aliphatic carbocycles. The number of aliphatic carboxylic acids is 1. The van der Waals surface area contributed by atoms with Gasteiger partial charge in [-0.1, -0.05) is 18.2 Å². The molecule has 38 heavy (non-hydrogen) atoms. The van der Waals surface area contributed by atoms with Gasteiger partial charge in [0, 0.05) is 26.3 Å². The van der Waals surface area contributed by atoms with E-state index in [9.17, 15) is 31.2 Å². The first-order valence-corrected chi connectivity index (χ1v) is 12.7. The number of aryl methyl sites for hydroxylation is 1. The van der Waals surface area contributed by atoms with E-state index in [-0.39, 0.29) is 22.4 Å². The van der Waals surface area contributed by atoms with E-state index in [1.54, 1.807) is 50.4 Å². The molecule has 2 aromatic carbocycles. The standard InChI is InChI=1S/C22H27N3O5S.C2HF3O2/c1-15-4-9-19(24-16(2)26)20(14-15)31(28,29)25-18-7-5-17(6-8-18)22(10-11-22)21(27)23-12-13-30-3;3-2(4,5)1(6)7/h4-9,14,25H,10-13H2,1-3H3,(H,23,27)(H,24,26);(H,6,7). The van der Waals surface area contributed by atoms with E-state index in [1.165, 1.54) is 13.0 Å². The van der Waals surface area contributed by atoms with Crippen molar-refractivity contribution in [1.82, 2.24) is 5.32 Å². The van der Waals surface area contributed by atoms with Crippen LogP contribution in [0.15, 0.2) is 47.4 Å². The number of amides is 2. The molecule has 2 aromatic rings. The molecule has 2 amide bonds. The Morgan fingerprint density at radius 1 is 1.08 bits per heavy atom. The molecule has 0 unspecified atom stereocenters. The minimum Gasteiger partial charge on any atom is -0.475 e. The van der Waals surface area contributed by atoms with Crippen LogP contribution in [0.2, 0.25) is 0 Å². The number of anilines is 2. The van der Waals surface area contributed by atoms with E-state index in [4.69, 9.17) is 14.6 Å². The third-order valence-corrected chi connectivity index (χ3v) is 6.87. The molecule has 0 radical (unpaired) electrons. The Morgan fingerprint density at radius 3 is 2.13 bits per heavy atom. The van der Waals surface area contributed by atoms with E-state index in [2.05, 4.69) is 15.4 Å². The maximum absolute atomic E-state index is 13.0. The van der Waals surface area contributed by atoms with Crippen molar-refractivity contribution in [3.63, 3.8) is 0 Å². The van der Waals surface area contributed by atoms with Crippen molar-refractivity contribution in [3.8, 4) is 0 Å². The van der Waals surface area contributed by atoms with Crippen LogP contribution in [0.4, 0.5) is 24.5 Å². The van der Waals surface area contributed by atoms with Crippen LogP contribution in [0.1, 0.15) is 30.9 Å². The Morgan fingerprint density at radius 2 is 1.66 bits per heavy atom. The number of rotatable bonds is 9. The third-order valence-electron chi connectivity index (χ3n) is 5.45. The van der Waals surface area contributed by atoms with E-state index in [0.717, 1.165) is 24.0 Å². The minimum atomic E-state index is -5.08. The maximum Gasteiger partial charge on any atom is 0.490 e. The van der Waals surface area contributed by atoms with Gasteiger partial charge in [0.1, 0.15) is 4.90 Å². The number of sulfonamides is 1. The number of alkyl halides is 3. The van der Waals surface area contributed by atoms with Crippen LogP contribution in [0.3, 0.4) is 0 Å². The highest BCUT2D eigenvalue weighted by Crippen LogP contribution is 2.48. The van der Waals surface area contributed by atoms with Gasteiger partial charge in [-0.05, 0) is 55.2 Å². The van der Waals surface area contributed by atoms with Gasteiger partial charge in [0.25, 0.3) is 10.0 Å². The van der Waals surface area contributed by atoms with Crippen molar-refractivity contribution in [3.05, 3.63) is 53.6 Å². The number of hydrogen-bond acceptors (Lipinski definition) is 6. The summed E-state index contributed by atoms with van der Waals surface area (Å²) in [6.45, 7) is 3.99. The molecule has 14 heteroatoms. The normalized spacial score (nSPS) is 13.9. The molecule has 4 N–H and O–H groups in total. The first-order chi connectivity index (χ1) is 17.6. The fourth-order valence-electron chi connectivity index (χ4n) is 3.42. The second-order valence-electron chi connectivity index (χ2n) is 8.50. The maximum atomic E-state index is 13.0. The van der Waals surface area contributed by atoms with E-state index in [0.29, 0.717) is 18.8 Å². The van der Waals surface area contributed by atoms with Crippen LogP contribution in [0.5, 0.6) is 0 Å². The lowest BCUT2D eigenvalue weighted by Gasteiger charge is -2.17. The summed E-state index contributed by atoms with van der Waals surface area (Å²) < 4.78 is 65.2. The van der Waals surface area contributed by atoms with E-state index in [1.807, 2.05) is 0 Å². The Balaban J connectivity index is 0.000000638. The topological polar surface area (TPSA) is 151 Å². The molecule has 0 atom stereocenters. The Hall–Kier alpha value is -3.65. The molecule has 0 aliphatic heterocycles. The van der Waals surface area contributed by atoms with Crippen molar-refractivity contribution in [1.29, 1.82) is 0 Å². The number of methoxy groups -OCH3 is 1. The summed E-state index contributed by atoms with van der Waals surface area (Å²) in [6.07, 6.45) is -3.58. The van der Waals surface area contributed by atoms with Gasteiger partial charge in [-0.2, -0.15) is 13.2 Å². The fraction of sp³-hybridized carbons (Fsp3) is 0.375. The lowest BCUT2D eigenvalue weighted by atomic mass is 9.95. The van der Waals surface area contributed by atoms with Crippen LogP contribution in [-0.4, -0.2) is 57.7 Å². The molecular formula is C24H28F3N3O7S. The number of halogens is 3. The summed E-state index contributed by atoms with van der Waals surface area (Å²) in [5, 5.41) is 12.6. The van der Waals surface area contributed by atoms with Crippen molar-refractivity contribution in [2.24, 2.45) is 0 Å². The van der Waals surface area contributed by atoms with Gasteiger partial charge in [-0.25, -0.2) is 13.2 Å². The van der Waals surface area contributed by atoms with Crippen LogP contribution in [0, 0.1) is 6.92 Å². The number of carboxylic acids is 1. The number of hydrogen-bond donors (Lipinski definition) is 4. The zero-order chi connectivity index (χ0) is 28.7. The predicted octanol–water partition coefficient (Wildman–Crippen LogP) is 3.18. The van der Waals surface area contributed by atoms with Gasteiger partial charge in [0.2, 0.25) is 11.8 Å². The number of ether oxygens (including phenoxy) is 1. The summed E-state index contributed by atoms with van der Waals surface area (Å²) in [5.41, 5.74) is 1.63. The lowest BCUT2D eigenvalue weighted by Crippen LogP contribution is -2.36. The van der Waals surface area contributed by atoms with Gasteiger partial charge in [0.15, 0.2) is 0 Å². The second-order valence-corrected chi connectivity index (χ2v) is 10.1. The van der Waals surface area contributed by atoms with Gasteiger partial charge in [-0.3, -0.25) is 14.3 Å². The Labute approximate surface area is 217 Å². The van der Waals surface area contributed by atoms with E-state index >= 15 is 0 Å².